The van der Waals surface area contributed by atoms with Crippen LogP contribution in [0.1, 0.15) is 85.3 Å². The molecule has 1 heteroatoms. The third-order valence-electron chi connectivity index (χ3n) is 10.1. The number of hydrogen-bond donors (Lipinski definition) is 0. The molecule has 0 bridgehead atoms. The highest BCUT2D eigenvalue weighted by Crippen LogP contribution is 2.56. The van der Waals surface area contributed by atoms with Crippen LogP contribution in [-0.2, 0) is 0 Å². The first-order valence-electron chi connectivity index (χ1n) is 15.9. The number of fused-ring (bicyclic) bond motifs is 1. The maximum atomic E-state index is 5.53. The molecule has 1 nitrogen and oxygen atoms in total. The predicted octanol–water partition coefficient (Wildman–Crippen LogP) is 10.8. The normalized spacial score (nSPS) is 23.9. The van der Waals surface area contributed by atoms with Gasteiger partial charge in [-0.3, -0.25) is 4.90 Å². The van der Waals surface area contributed by atoms with Crippen molar-refractivity contribution in [2.75, 3.05) is 13.1 Å². The lowest BCUT2D eigenvalue weighted by molar-refractivity contribution is 0.0808. The van der Waals surface area contributed by atoms with Crippen LogP contribution in [0.25, 0.3) is 11.1 Å². The fourth-order valence-electron chi connectivity index (χ4n) is 7.45. The molecule has 0 fully saturated rings. The highest BCUT2D eigenvalue weighted by molar-refractivity contribution is 5.76. The number of nitrogens with zero attached hydrogens (tertiary/aromatic N) is 1. The lowest BCUT2D eigenvalue weighted by atomic mass is 9.57. The third kappa shape index (κ3) is 6.37. The van der Waals surface area contributed by atoms with E-state index < -0.39 is 0 Å². The molecule has 0 radical (unpaired) electrons. The molecule has 1 aromatic rings. The predicted molar refractivity (Wildman–Crippen MR) is 189 cm³/mol. The molecule has 3 aliphatic rings. The molecule has 4 rings (SSSR count). The number of terminal acetylenes is 1. The minimum Gasteiger partial charge on any atom is -0.289 e. The summed E-state index contributed by atoms with van der Waals surface area (Å²) in [7, 11) is 0. The van der Waals surface area contributed by atoms with Gasteiger partial charge in [-0.15, -0.1) is 6.42 Å². The van der Waals surface area contributed by atoms with Crippen LogP contribution in [-0.4, -0.2) is 23.5 Å². The molecular weight excluding hydrogens is 518 g/mol. The van der Waals surface area contributed by atoms with Gasteiger partial charge in [0.25, 0.3) is 0 Å². The van der Waals surface area contributed by atoms with E-state index in [0.29, 0.717) is 0 Å². The summed E-state index contributed by atoms with van der Waals surface area (Å²) in [5, 5.41) is 0. The van der Waals surface area contributed by atoms with Gasteiger partial charge in [0.1, 0.15) is 0 Å². The van der Waals surface area contributed by atoms with Crippen LogP contribution in [0.2, 0.25) is 0 Å². The molecular formula is C42H51N. The van der Waals surface area contributed by atoms with Gasteiger partial charge >= 0.3 is 0 Å². The second-order valence-corrected chi connectivity index (χ2v) is 13.5. The largest absolute Gasteiger partial charge is 0.289 e. The Balaban J connectivity index is 1.72. The summed E-state index contributed by atoms with van der Waals surface area (Å²) < 4.78 is 0. The molecule has 0 spiro atoms. The quantitative estimate of drug-likeness (QED) is 0.162. The van der Waals surface area contributed by atoms with Gasteiger partial charge < -0.3 is 0 Å². The summed E-state index contributed by atoms with van der Waals surface area (Å²) >= 11 is 0. The molecule has 0 saturated heterocycles. The van der Waals surface area contributed by atoms with E-state index >= 15 is 0 Å². The van der Waals surface area contributed by atoms with E-state index in [1.165, 1.54) is 27.8 Å². The Labute approximate surface area is 262 Å². The molecule has 2 unspecified atom stereocenters. The van der Waals surface area contributed by atoms with Gasteiger partial charge in [-0.25, -0.2) is 0 Å². The van der Waals surface area contributed by atoms with Crippen molar-refractivity contribution < 1.29 is 0 Å². The first-order valence-corrected chi connectivity index (χ1v) is 15.9. The standard InChI is InChI=1S/C42H51N/c1-11-14-18-33(12-2)32(6)29-38(35-19-16-15-17-20-35)42(10,13-3)43-28-26-39-40(7,8)37(25-27-41(39,9)30-43)36-23-21-34(22-24-36)31(4)5/h1,12,14,16,18-26,29H,4,6,13,15,17,27-28,30H2,2-3,5,7-10H3/b18-14-,33-12+,38-29+. The summed E-state index contributed by atoms with van der Waals surface area (Å²) in [6.45, 7) is 26.7. The lowest BCUT2D eigenvalue weighted by Crippen LogP contribution is -2.56. The average Bonchev–Trinajstić information content (AvgIpc) is 2.99. The Morgan fingerprint density at radius 1 is 1.09 bits per heavy atom. The minimum atomic E-state index is -0.164. The number of rotatable bonds is 9. The van der Waals surface area contributed by atoms with Crippen molar-refractivity contribution in [3.05, 3.63) is 131 Å². The highest BCUT2D eigenvalue weighted by atomic mass is 15.2. The van der Waals surface area contributed by atoms with Crippen molar-refractivity contribution in [2.24, 2.45) is 10.8 Å². The number of allylic oxidation sites excluding steroid dienone is 12. The first kappa shape index (κ1) is 32.3. The molecule has 1 aromatic carbocycles. The molecule has 0 aromatic heterocycles. The van der Waals surface area contributed by atoms with Crippen LogP contribution in [0.3, 0.4) is 0 Å². The van der Waals surface area contributed by atoms with Crippen molar-refractivity contribution in [1.82, 2.24) is 4.90 Å². The fraction of sp³-hybridized carbons (Fsp3) is 0.381. The van der Waals surface area contributed by atoms with Crippen molar-refractivity contribution in [3.63, 3.8) is 0 Å². The van der Waals surface area contributed by atoms with Crippen LogP contribution in [0, 0.1) is 23.2 Å². The van der Waals surface area contributed by atoms with E-state index in [4.69, 9.17) is 6.42 Å². The van der Waals surface area contributed by atoms with Gasteiger partial charge in [0.2, 0.25) is 0 Å². The van der Waals surface area contributed by atoms with Crippen molar-refractivity contribution in [3.8, 4) is 12.3 Å². The number of hydrogen-bond acceptors (Lipinski definition) is 1. The van der Waals surface area contributed by atoms with E-state index in [0.717, 1.165) is 55.5 Å². The van der Waals surface area contributed by atoms with E-state index in [2.05, 4.69) is 132 Å². The third-order valence-corrected chi connectivity index (χ3v) is 10.1. The molecule has 1 heterocycles. The van der Waals surface area contributed by atoms with Crippen LogP contribution in [0.4, 0.5) is 0 Å². The molecule has 1 aliphatic heterocycles. The van der Waals surface area contributed by atoms with E-state index in [1.54, 1.807) is 11.6 Å². The summed E-state index contributed by atoms with van der Waals surface area (Å²) in [4.78, 5) is 2.72. The van der Waals surface area contributed by atoms with Gasteiger partial charge in [0.05, 0.1) is 0 Å². The Morgan fingerprint density at radius 3 is 2.40 bits per heavy atom. The fourth-order valence-corrected chi connectivity index (χ4v) is 7.45. The van der Waals surface area contributed by atoms with E-state index in [9.17, 15) is 0 Å². The molecule has 0 N–H and O–H groups in total. The summed E-state index contributed by atoms with van der Waals surface area (Å²) in [6.07, 6.45) is 30.0. The Bertz CT molecular complexity index is 1520. The molecule has 2 aliphatic carbocycles. The van der Waals surface area contributed by atoms with Crippen molar-refractivity contribution in [2.45, 2.75) is 79.7 Å². The average molecular weight is 570 g/mol. The zero-order valence-corrected chi connectivity index (χ0v) is 27.7. The Kier molecular flexibility index (Phi) is 9.73. The Morgan fingerprint density at radius 2 is 1.81 bits per heavy atom. The van der Waals surface area contributed by atoms with Gasteiger partial charge in [-0.2, -0.15) is 0 Å². The second kappa shape index (κ2) is 13.0. The second-order valence-electron chi connectivity index (χ2n) is 13.5. The van der Waals surface area contributed by atoms with E-state index in [-0.39, 0.29) is 16.4 Å². The topological polar surface area (TPSA) is 3.24 Å². The smallest absolute Gasteiger partial charge is 0.0439 e. The monoisotopic (exact) mass is 569 g/mol. The summed E-state index contributed by atoms with van der Waals surface area (Å²) in [5.74, 6) is 2.63. The van der Waals surface area contributed by atoms with Gasteiger partial charge in [-0.1, -0.05) is 119 Å². The molecule has 0 saturated carbocycles. The Hall–Kier alpha value is -3.60. The maximum absolute atomic E-state index is 5.53. The van der Waals surface area contributed by atoms with Crippen molar-refractivity contribution >= 4 is 11.1 Å². The summed E-state index contributed by atoms with van der Waals surface area (Å²) in [6, 6.07) is 8.97. The molecule has 43 heavy (non-hydrogen) atoms. The molecule has 2 atom stereocenters. The van der Waals surface area contributed by atoms with Gasteiger partial charge in [-0.05, 0) is 104 Å². The zero-order valence-electron chi connectivity index (χ0n) is 27.7. The van der Waals surface area contributed by atoms with Crippen LogP contribution in [0.5, 0.6) is 0 Å². The minimum absolute atomic E-state index is 0.0434. The maximum Gasteiger partial charge on any atom is 0.0439 e. The first-order chi connectivity index (χ1) is 20.4. The molecule has 0 amide bonds. The SMILES string of the molecule is C#C/C=C\C(=C/C)C(=C)/C=C(\C1=CCCC=C1)C(C)(CC)N1CC=C2C(C)(CC=C(c3ccc(C(=C)C)cc3)C2(C)C)C1. The highest BCUT2D eigenvalue weighted by Gasteiger charge is 2.48. The number of benzene rings is 1. The molecule has 224 valence electrons. The van der Waals surface area contributed by atoms with Gasteiger partial charge in [0.15, 0.2) is 0 Å². The zero-order chi connectivity index (χ0) is 31.4. The lowest BCUT2D eigenvalue weighted by Gasteiger charge is -2.55. The van der Waals surface area contributed by atoms with Crippen LogP contribution >= 0.6 is 0 Å². The van der Waals surface area contributed by atoms with Gasteiger partial charge in [0, 0.05) is 29.5 Å². The van der Waals surface area contributed by atoms with Crippen LogP contribution in [0.15, 0.2) is 120 Å². The van der Waals surface area contributed by atoms with Crippen molar-refractivity contribution in [1.29, 1.82) is 0 Å². The van der Waals surface area contributed by atoms with Crippen LogP contribution < -0.4 is 0 Å². The summed E-state index contributed by atoms with van der Waals surface area (Å²) in [5.41, 5.74) is 11.2. The van der Waals surface area contributed by atoms with E-state index in [1.807, 2.05) is 13.0 Å².